The molecule has 0 bridgehead atoms. The van der Waals surface area contributed by atoms with Crippen molar-refractivity contribution in [2.24, 2.45) is 0 Å². The molecule has 1 spiro atoms. The van der Waals surface area contributed by atoms with Gasteiger partial charge in [-0.15, -0.1) is 0 Å². The van der Waals surface area contributed by atoms with Crippen molar-refractivity contribution in [3.05, 3.63) is 59.8 Å². The molecule has 35 heavy (non-hydrogen) atoms. The Bertz CT molecular complexity index is 1280. The number of nitrogens with one attached hydrogen (secondary N) is 2. The van der Waals surface area contributed by atoms with E-state index >= 15 is 0 Å². The van der Waals surface area contributed by atoms with Gasteiger partial charge in [0.05, 0.1) is 18.9 Å². The first kappa shape index (κ1) is 24.1. The van der Waals surface area contributed by atoms with Crippen LogP contribution in [0.25, 0.3) is 10.9 Å². The molecule has 0 aliphatic carbocycles. The summed E-state index contributed by atoms with van der Waals surface area (Å²) in [7, 11) is -1.52. The summed E-state index contributed by atoms with van der Waals surface area (Å²) in [5, 5.41) is 1.22. The minimum Gasteiger partial charge on any atom is -0.497 e. The molecule has 188 valence electrons. The number of hydrogen-bond donors (Lipinski definition) is 2. The number of aromatic amines is 1. The Morgan fingerprint density at radius 3 is 2.69 bits per heavy atom. The zero-order valence-corrected chi connectivity index (χ0v) is 21.2. The lowest BCUT2D eigenvalue weighted by molar-refractivity contribution is 0.0761. The van der Waals surface area contributed by atoms with Crippen LogP contribution >= 0.6 is 0 Å². The summed E-state index contributed by atoms with van der Waals surface area (Å²) in [4.78, 5) is 8.68. The molecule has 8 nitrogen and oxygen atoms in total. The molecule has 2 aromatic carbocycles. The first-order valence-electron chi connectivity index (χ1n) is 12.2. The van der Waals surface area contributed by atoms with Crippen molar-refractivity contribution in [3.8, 4) is 11.5 Å². The lowest BCUT2D eigenvalue weighted by Gasteiger charge is -2.45. The van der Waals surface area contributed by atoms with Crippen molar-refractivity contribution in [2.75, 3.05) is 59.2 Å². The van der Waals surface area contributed by atoms with Crippen LogP contribution < -0.4 is 14.2 Å². The van der Waals surface area contributed by atoms with Gasteiger partial charge < -0.3 is 14.5 Å². The summed E-state index contributed by atoms with van der Waals surface area (Å²) in [5.41, 5.74) is 3.55. The van der Waals surface area contributed by atoms with Crippen LogP contribution in [-0.2, 0) is 22.0 Å². The topological polar surface area (TPSA) is 86.9 Å². The van der Waals surface area contributed by atoms with Crippen LogP contribution in [0.15, 0.2) is 48.5 Å². The molecule has 2 N–H and O–H groups in total. The number of aromatic nitrogens is 1. The molecule has 0 saturated carbocycles. The monoisotopic (exact) mass is 498 g/mol. The van der Waals surface area contributed by atoms with Gasteiger partial charge in [0.1, 0.15) is 18.1 Å². The van der Waals surface area contributed by atoms with Gasteiger partial charge in [0, 0.05) is 55.9 Å². The van der Waals surface area contributed by atoms with E-state index in [-0.39, 0.29) is 5.54 Å². The quantitative estimate of drug-likeness (QED) is 0.472. The molecular weight excluding hydrogens is 464 g/mol. The highest BCUT2D eigenvalue weighted by Gasteiger charge is 2.48. The van der Waals surface area contributed by atoms with E-state index in [1.54, 1.807) is 7.11 Å². The Kier molecular flexibility index (Phi) is 6.76. The van der Waals surface area contributed by atoms with Gasteiger partial charge in [0.25, 0.3) is 0 Å². The van der Waals surface area contributed by atoms with Crippen LogP contribution in [0.5, 0.6) is 11.5 Å². The lowest BCUT2D eigenvalue weighted by atomic mass is 9.84. The molecule has 9 heteroatoms. The number of H-pyrrole nitrogens is 1. The summed E-state index contributed by atoms with van der Waals surface area (Å²) < 4.78 is 37.5. The molecule has 1 unspecified atom stereocenters. The van der Waals surface area contributed by atoms with E-state index in [0.29, 0.717) is 19.7 Å². The first-order chi connectivity index (χ1) is 16.9. The molecule has 1 saturated heterocycles. The molecular formula is C26H34N4O4S. The Morgan fingerprint density at radius 1 is 1.09 bits per heavy atom. The Balaban J connectivity index is 1.39. The maximum absolute atomic E-state index is 11.7. The largest absolute Gasteiger partial charge is 0.497 e. The van der Waals surface area contributed by atoms with E-state index in [1.807, 2.05) is 36.4 Å². The minimum absolute atomic E-state index is 0.189. The SMILES string of the molecule is COc1ccc2[nH]c3c(c2c1)CCN(CCNS(C)(=O)=O)C31CCN(CCOc2ccccc2)C1. The van der Waals surface area contributed by atoms with Gasteiger partial charge in [0.2, 0.25) is 10.0 Å². The molecule has 0 radical (unpaired) electrons. The summed E-state index contributed by atoms with van der Waals surface area (Å²) >= 11 is 0. The third-order valence-corrected chi connectivity index (χ3v) is 8.04. The summed E-state index contributed by atoms with van der Waals surface area (Å²) in [6, 6.07) is 16.1. The number of benzene rings is 2. The highest BCUT2D eigenvalue weighted by atomic mass is 32.2. The lowest BCUT2D eigenvalue weighted by Crippen LogP contribution is -2.54. The van der Waals surface area contributed by atoms with Crippen molar-refractivity contribution < 1.29 is 17.9 Å². The van der Waals surface area contributed by atoms with Gasteiger partial charge in [-0.25, -0.2) is 13.1 Å². The second-order valence-electron chi connectivity index (χ2n) is 9.51. The van der Waals surface area contributed by atoms with Crippen LogP contribution in [0.4, 0.5) is 0 Å². The van der Waals surface area contributed by atoms with E-state index in [2.05, 4.69) is 31.6 Å². The number of fused-ring (bicyclic) bond motifs is 4. The van der Waals surface area contributed by atoms with Crippen molar-refractivity contribution in [3.63, 3.8) is 0 Å². The van der Waals surface area contributed by atoms with Gasteiger partial charge in [-0.1, -0.05) is 18.2 Å². The maximum Gasteiger partial charge on any atom is 0.208 e. The predicted molar refractivity (Wildman–Crippen MR) is 138 cm³/mol. The van der Waals surface area contributed by atoms with Crippen LogP contribution in [0.3, 0.4) is 0 Å². The Morgan fingerprint density at radius 2 is 1.91 bits per heavy atom. The van der Waals surface area contributed by atoms with Crippen LogP contribution in [-0.4, -0.2) is 82.4 Å². The average molecular weight is 499 g/mol. The second-order valence-corrected chi connectivity index (χ2v) is 11.3. The van der Waals surface area contributed by atoms with E-state index in [0.717, 1.165) is 56.0 Å². The standard InChI is InChI=1S/C26H34N4O4S/c1-33-21-8-9-24-23(18-21)22-10-13-30(15-12-27-35(2,31)32)26(25(22)28-24)11-14-29(19-26)16-17-34-20-6-4-3-5-7-20/h3-9,18,27-28H,10-17,19H2,1-2H3. The molecule has 2 aliphatic rings. The first-order valence-corrected chi connectivity index (χ1v) is 14.1. The number of methoxy groups -OCH3 is 1. The van der Waals surface area contributed by atoms with Crippen molar-refractivity contribution in [1.29, 1.82) is 0 Å². The number of para-hydroxylation sites is 1. The molecule has 3 aromatic rings. The zero-order valence-electron chi connectivity index (χ0n) is 20.4. The second kappa shape index (κ2) is 9.81. The van der Waals surface area contributed by atoms with Crippen LogP contribution in [0, 0.1) is 0 Å². The fourth-order valence-corrected chi connectivity index (χ4v) is 6.12. The maximum atomic E-state index is 11.7. The summed E-state index contributed by atoms with van der Waals surface area (Å²) in [5.74, 6) is 1.75. The number of hydrogen-bond acceptors (Lipinski definition) is 6. The fraction of sp³-hybridized carbons (Fsp3) is 0.462. The van der Waals surface area contributed by atoms with E-state index in [9.17, 15) is 8.42 Å². The molecule has 3 heterocycles. The van der Waals surface area contributed by atoms with Gasteiger partial charge >= 0.3 is 0 Å². The Labute approximate surface area is 207 Å². The zero-order chi connectivity index (χ0) is 24.5. The number of rotatable bonds is 9. The molecule has 0 amide bonds. The minimum atomic E-state index is -3.22. The summed E-state index contributed by atoms with van der Waals surface area (Å²) in [6.07, 6.45) is 3.11. The molecule has 1 atom stereocenters. The van der Waals surface area contributed by atoms with Gasteiger partial charge in [0.15, 0.2) is 0 Å². The highest BCUT2D eigenvalue weighted by Crippen LogP contribution is 2.44. The molecule has 2 aliphatic heterocycles. The van der Waals surface area contributed by atoms with Crippen molar-refractivity contribution in [2.45, 2.75) is 18.4 Å². The average Bonchev–Trinajstić information content (AvgIpc) is 3.43. The van der Waals surface area contributed by atoms with Crippen molar-refractivity contribution >= 4 is 20.9 Å². The van der Waals surface area contributed by atoms with E-state index < -0.39 is 10.0 Å². The van der Waals surface area contributed by atoms with Crippen LogP contribution in [0.1, 0.15) is 17.7 Å². The van der Waals surface area contributed by atoms with E-state index in [1.165, 1.54) is 22.9 Å². The number of nitrogens with zero attached hydrogens (tertiary/aromatic N) is 2. The Hall–Kier alpha value is -2.59. The van der Waals surface area contributed by atoms with Gasteiger partial charge in [-0.2, -0.15) is 0 Å². The van der Waals surface area contributed by atoms with Gasteiger partial charge in [-0.05, 0) is 48.7 Å². The fourth-order valence-electron chi connectivity index (χ4n) is 5.65. The highest BCUT2D eigenvalue weighted by molar-refractivity contribution is 7.88. The smallest absolute Gasteiger partial charge is 0.208 e. The third kappa shape index (κ3) is 5.04. The molecule has 1 aromatic heterocycles. The van der Waals surface area contributed by atoms with E-state index in [4.69, 9.17) is 9.47 Å². The third-order valence-electron chi connectivity index (χ3n) is 7.31. The number of sulfonamides is 1. The van der Waals surface area contributed by atoms with Crippen LogP contribution in [0.2, 0.25) is 0 Å². The summed E-state index contributed by atoms with van der Waals surface area (Å²) in [6.45, 7) is 5.27. The molecule has 1 fully saturated rings. The normalized spacial score (nSPS) is 21.0. The van der Waals surface area contributed by atoms with Crippen molar-refractivity contribution in [1.82, 2.24) is 19.5 Å². The molecule has 5 rings (SSSR count). The predicted octanol–water partition coefficient (Wildman–Crippen LogP) is 2.56. The number of likely N-dealkylation sites (tertiary alicyclic amines) is 1. The number of ether oxygens (including phenoxy) is 2. The van der Waals surface area contributed by atoms with Gasteiger partial charge in [-0.3, -0.25) is 9.80 Å².